The maximum atomic E-state index is 13.3. The molecule has 0 amide bonds. The lowest BCUT2D eigenvalue weighted by atomic mass is 10.0. The van der Waals surface area contributed by atoms with E-state index in [1.54, 1.807) is 6.07 Å². The predicted octanol–water partition coefficient (Wildman–Crippen LogP) is 3.28. The average molecular weight is 252 g/mol. The van der Waals surface area contributed by atoms with Crippen LogP contribution in [0.25, 0.3) is 11.1 Å². The molecule has 0 spiro atoms. The summed E-state index contributed by atoms with van der Waals surface area (Å²) in [5.41, 5.74) is 6.94. The monoisotopic (exact) mass is 252 g/mol. The lowest BCUT2D eigenvalue weighted by Gasteiger charge is -2.06. The number of benzene rings is 1. The van der Waals surface area contributed by atoms with Gasteiger partial charge in [-0.05, 0) is 35.4 Å². The number of rotatable bonds is 3. The van der Waals surface area contributed by atoms with E-state index in [2.05, 4.69) is 4.98 Å². The lowest BCUT2D eigenvalue weighted by Crippen LogP contribution is -1.97. The van der Waals surface area contributed by atoms with Crippen LogP contribution in [0, 0.1) is 5.82 Å². The molecule has 1 heterocycles. The number of pyridine rings is 1. The van der Waals surface area contributed by atoms with Gasteiger partial charge < -0.3 is 5.73 Å². The fourth-order valence-corrected chi connectivity index (χ4v) is 1.64. The fraction of sp³-hybridized carbons (Fsp3) is 0.154. The van der Waals surface area contributed by atoms with E-state index in [1.165, 1.54) is 30.5 Å². The number of nitrogens with zero attached hydrogens (tertiary/aromatic N) is 1. The van der Waals surface area contributed by atoms with Crippen LogP contribution in [-0.4, -0.2) is 4.98 Å². The number of nitrogens with two attached hydrogens (primary N) is 1. The van der Waals surface area contributed by atoms with Gasteiger partial charge in [0.25, 0.3) is 6.43 Å². The molecule has 0 aliphatic rings. The smallest absolute Gasteiger partial charge is 0.280 e. The largest absolute Gasteiger partial charge is 0.326 e. The molecule has 0 saturated heterocycles. The first kappa shape index (κ1) is 12.6. The normalized spacial score (nSPS) is 10.9. The second kappa shape index (κ2) is 5.18. The van der Waals surface area contributed by atoms with Crippen LogP contribution in [0.4, 0.5) is 13.2 Å². The number of aromatic nitrogens is 1. The van der Waals surface area contributed by atoms with Crippen LogP contribution in [0.3, 0.4) is 0 Å². The topological polar surface area (TPSA) is 38.9 Å². The molecule has 0 atom stereocenters. The summed E-state index contributed by atoms with van der Waals surface area (Å²) in [5, 5.41) is 0. The SMILES string of the molecule is NCc1cc(F)cc(-c2ccc(C(F)F)nc2)c1. The molecule has 94 valence electrons. The van der Waals surface area contributed by atoms with E-state index in [0.29, 0.717) is 16.7 Å². The Balaban J connectivity index is 2.39. The van der Waals surface area contributed by atoms with E-state index in [9.17, 15) is 13.2 Å². The van der Waals surface area contributed by atoms with Crippen molar-refractivity contribution < 1.29 is 13.2 Å². The second-order valence-electron chi connectivity index (χ2n) is 3.82. The average Bonchev–Trinajstić information content (AvgIpc) is 2.38. The molecule has 18 heavy (non-hydrogen) atoms. The summed E-state index contributed by atoms with van der Waals surface area (Å²) in [7, 11) is 0. The maximum absolute atomic E-state index is 13.3. The Kier molecular flexibility index (Phi) is 3.62. The highest BCUT2D eigenvalue weighted by Crippen LogP contribution is 2.23. The summed E-state index contributed by atoms with van der Waals surface area (Å²) in [6.45, 7) is 0.216. The minimum atomic E-state index is -2.61. The molecule has 2 nitrogen and oxygen atoms in total. The maximum Gasteiger partial charge on any atom is 0.280 e. The third-order valence-electron chi connectivity index (χ3n) is 2.54. The summed E-state index contributed by atoms with van der Waals surface area (Å²) >= 11 is 0. The van der Waals surface area contributed by atoms with Gasteiger partial charge in [0.2, 0.25) is 0 Å². The fourth-order valence-electron chi connectivity index (χ4n) is 1.64. The van der Waals surface area contributed by atoms with Crippen molar-refractivity contribution in [2.24, 2.45) is 5.73 Å². The van der Waals surface area contributed by atoms with Crippen LogP contribution < -0.4 is 5.73 Å². The molecule has 0 bridgehead atoms. The molecule has 2 rings (SSSR count). The van der Waals surface area contributed by atoms with Crippen molar-refractivity contribution in [3.8, 4) is 11.1 Å². The molecular weight excluding hydrogens is 241 g/mol. The van der Waals surface area contributed by atoms with Crippen LogP contribution in [-0.2, 0) is 6.54 Å². The molecule has 0 fully saturated rings. The Hall–Kier alpha value is -1.88. The highest BCUT2D eigenvalue weighted by molar-refractivity contribution is 5.63. The minimum absolute atomic E-state index is 0.216. The van der Waals surface area contributed by atoms with Gasteiger partial charge in [-0.1, -0.05) is 6.07 Å². The quantitative estimate of drug-likeness (QED) is 0.910. The first-order chi connectivity index (χ1) is 8.60. The molecule has 2 aromatic rings. The second-order valence-corrected chi connectivity index (χ2v) is 3.82. The van der Waals surface area contributed by atoms with E-state index < -0.39 is 12.2 Å². The molecule has 0 aliphatic heterocycles. The van der Waals surface area contributed by atoms with Crippen molar-refractivity contribution in [3.63, 3.8) is 0 Å². The van der Waals surface area contributed by atoms with Gasteiger partial charge in [-0.15, -0.1) is 0 Å². The lowest BCUT2D eigenvalue weighted by molar-refractivity contribution is 0.146. The van der Waals surface area contributed by atoms with Crippen molar-refractivity contribution in [1.29, 1.82) is 0 Å². The van der Waals surface area contributed by atoms with E-state index >= 15 is 0 Å². The summed E-state index contributed by atoms with van der Waals surface area (Å²) in [6.07, 6.45) is -1.30. The van der Waals surface area contributed by atoms with E-state index in [4.69, 9.17) is 5.73 Å². The summed E-state index contributed by atoms with van der Waals surface area (Å²) < 4.78 is 38.0. The van der Waals surface area contributed by atoms with Gasteiger partial charge in [-0.2, -0.15) is 0 Å². The summed E-state index contributed by atoms with van der Waals surface area (Å²) in [6, 6.07) is 7.08. The number of halogens is 3. The number of hydrogen-bond acceptors (Lipinski definition) is 2. The third-order valence-corrected chi connectivity index (χ3v) is 2.54. The zero-order valence-corrected chi connectivity index (χ0v) is 9.41. The highest BCUT2D eigenvalue weighted by Gasteiger charge is 2.09. The van der Waals surface area contributed by atoms with Crippen molar-refractivity contribution in [3.05, 3.63) is 53.6 Å². The van der Waals surface area contributed by atoms with Gasteiger partial charge in [0.05, 0.1) is 0 Å². The Bertz CT molecular complexity index is 538. The number of alkyl halides is 2. The first-order valence-corrected chi connectivity index (χ1v) is 5.34. The van der Waals surface area contributed by atoms with Crippen LogP contribution in [0.1, 0.15) is 17.7 Å². The summed E-state index contributed by atoms with van der Waals surface area (Å²) in [4.78, 5) is 3.64. The Morgan fingerprint density at radius 2 is 1.89 bits per heavy atom. The first-order valence-electron chi connectivity index (χ1n) is 5.34. The number of hydrogen-bond donors (Lipinski definition) is 1. The zero-order valence-electron chi connectivity index (χ0n) is 9.41. The van der Waals surface area contributed by atoms with Crippen LogP contribution in [0.15, 0.2) is 36.5 Å². The van der Waals surface area contributed by atoms with E-state index in [0.717, 1.165) is 0 Å². The zero-order chi connectivity index (χ0) is 13.1. The Morgan fingerprint density at radius 3 is 2.44 bits per heavy atom. The predicted molar refractivity (Wildman–Crippen MR) is 62.5 cm³/mol. The van der Waals surface area contributed by atoms with Crippen molar-refractivity contribution in [2.75, 3.05) is 0 Å². The molecule has 1 aromatic carbocycles. The van der Waals surface area contributed by atoms with Gasteiger partial charge >= 0.3 is 0 Å². The van der Waals surface area contributed by atoms with Crippen molar-refractivity contribution in [1.82, 2.24) is 4.98 Å². The molecule has 0 saturated carbocycles. The summed E-state index contributed by atoms with van der Waals surface area (Å²) in [5.74, 6) is -0.411. The Morgan fingerprint density at radius 1 is 1.11 bits per heavy atom. The third kappa shape index (κ3) is 2.68. The van der Waals surface area contributed by atoms with Crippen LogP contribution in [0.2, 0.25) is 0 Å². The molecule has 1 aromatic heterocycles. The molecule has 0 unspecified atom stereocenters. The van der Waals surface area contributed by atoms with Gasteiger partial charge in [0.15, 0.2) is 0 Å². The van der Waals surface area contributed by atoms with Crippen LogP contribution >= 0.6 is 0 Å². The van der Waals surface area contributed by atoms with Gasteiger partial charge in [-0.3, -0.25) is 4.98 Å². The van der Waals surface area contributed by atoms with Gasteiger partial charge in [0.1, 0.15) is 11.5 Å². The molecule has 0 radical (unpaired) electrons. The highest BCUT2D eigenvalue weighted by atomic mass is 19.3. The molecular formula is C13H11F3N2. The molecule has 0 aliphatic carbocycles. The molecule has 2 N–H and O–H groups in total. The van der Waals surface area contributed by atoms with E-state index in [1.807, 2.05) is 0 Å². The Labute approximate surface area is 102 Å². The van der Waals surface area contributed by atoms with Gasteiger partial charge in [-0.25, -0.2) is 13.2 Å². The van der Waals surface area contributed by atoms with E-state index in [-0.39, 0.29) is 12.2 Å². The minimum Gasteiger partial charge on any atom is -0.326 e. The van der Waals surface area contributed by atoms with Gasteiger partial charge in [0, 0.05) is 18.3 Å². The standard InChI is InChI=1S/C13H11F3N2/c14-11-4-8(6-17)3-10(5-11)9-1-2-12(13(15)16)18-7-9/h1-5,7,13H,6,17H2. The van der Waals surface area contributed by atoms with Crippen molar-refractivity contribution >= 4 is 0 Å². The van der Waals surface area contributed by atoms with Crippen LogP contribution in [0.5, 0.6) is 0 Å². The molecule has 5 heteroatoms. The van der Waals surface area contributed by atoms with Crippen molar-refractivity contribution in [2.45, 2.75) is 13.0 Å².